The van der Waals surface area contributed by atoms with Crippen molar-refractivity contribution in [1.29, 1.82) is 0 Å². The van der Waals surface area contributed by atoms with E-state index < -0.39 is 0 Å². The van der Waals surface area contributed by atoms with E-state index in [1.165, 1.54) is 5.56 Å². The van der Waals surface area contributed by atoms with Crippen LogP contribution in [0.2, 0.25) is 5.02 Å². The van der Waals surface area contributed by atoms with Crippen LogP contribution in [-0.2, 0) is 11.2 Å². The number of fused-ring (bicyclic) bond motifs is 1. The Balaban J connectivity index is 2.63. The standard InChI is InChI=1S/C11H8BrClO/c12-11-4-2-7-1-3-8(13)5-9(7)10(11)6-14/h1,3,5-6H,2,4H2. The number of hydrogen-bond acceptors (Lipinski definition) is 1. The Bertz CT molecular complexity index is 423. The molecule has 0 atom stereocenters. The lowest BCUT2D eigenvalue weighted by Crippen LogP contribution is -2.03. The molecule has 1 aromatic carbocycles. The minimum Gasteiger partial charge on any atom is -0.298 e. The first-order valence-electron chi connectivity index (χ1n) is 4.35. The summed E-state index contributed by atoms with van der Waals surface area (Å²) in [4.78, 5) is 10.9. The molecule has 0 saturated heterocycles. The van der Waals surface area contributed by atoms with E-state index in [2.05, 4.69) is 15.9 Å². The van der Waals surface area contributed by atoms with Crippen LogP contribution in [0.5, 0.6) is 0 Å². The minimum atomic E-state index is 0.672. The Labute approximate surface area is 95.9 Å². The Morgan fingerprint density at radius 1 is 1.36 bits per heavy atom. The van der Waals surface area contributed by atoms with Gasteiger partial charge in [0.1, 0.15) is 0 Å². The highest BCUT2D eigenvalue weighted by molar-refractivity contribution is 9.11. The van der Waals surface area contributed by atoms with Gasteiger partial charge in [-0.05, 0) is 36.1 Å². The zero-order valence-electron chi connectivity index (χ0n) is 7.39. The van der Waals surface area contributed by atoms with Gasteiger partial charge in [-0.2, -0.15) is 0 Å². The molecule has 0 N–H and O–H groups in total. The summed E-state index contributed by atoms with van der Waals surface area (Å²) in [7, 11) is 0. The van der Waals surface area contributed by atoms with Crippen LogP contribution >= 0.6 is 27.5 Å². The number of benzene rings is 1. The molecule has 1 aliphatic carbocycles. The molecule has 14 heavy (non-hydrogen) atoms. The van der Waals surface area contributed by atoms with Gasteiger partial charge in [-0.1, -0.05) is 33.6 Å². The second kappa shape index (κ2) is 3.87. The molecule has 0 amide bonds. The molecule has 0 heterocycles. The third-order valence-corrected chi connectivity index (χ3v) is 3.44. The first-order valence-corrected chi connectivity index (χ1v) is 5.52. The number of halogens is 2. The topological polar surface area (TPSA) is 17.1 Å². The Hall–Kier alpha value is -0.600. The number of aryl methyl sites for hydroxylation is 1. The molecule has 1 aromatic rings. The fourth-order valence-corrected chi connectivity index (χ4v) is 2.35. The van der Waals surface area contributed by atoms with E-state index in [0.29, 0.717) is 5.02 Å². The zero-order chi connectivity index (χ0) is 10.1. The Kier molecular flexibility index (Phi) is 2.75. The lowest BCUT2D eigenvalue weighted by atomic mass is 9.91. The highest BCUT2D eigenvalue weighted by Crippen LogP contribution is 2.34. The summed E-state index contributed by atoms with van der Waals surface area (Å²) in [5.41, 5.74) is 2.89. The van der Waals surface area contributed by atoms with Crippen LogP contribution in [0.1, 0.15) is 17.5 Å². The molecule has 0 aliphatic heterocycles. The summed E-state index contributed by atoms with van der Waals surface area (Å²) in [6.07, 6.45) is 2.74. The molecule has 3 heteroatoms. The van der Waals surface area contributed by atoms with Crippen LogP contribution in [0.25, 0.3) is 5.57 Å². The van der Waals surface area contributed by atoms with Gasteiger partial charge in [-0.15, -0.1) is 0 Å². The van der Waals surface area contributed by atoms with E-state index in [0.717, 1.165) is 34.7 Å². The quantitative estimate of drug-likeness (QED) is 0.713. The molecule has 1 nitrogen and oxygen atoms in total. The van der Waals surface area contributed by atoms with Crippen molar-refractivity contribution in [2.45, 2.75) is 12.8 Å². The predicted octanol–water partition coefficient (Wildman–Crippen LogP) is 3.59. The number of carbonyl (C=O) groups is 1. The number of allylic oxidation sites excluding steroid dienone is 2. The molecule has 0 unspecified atom stereocenters. The third-order valence-electron chi connectivity index (χ3n) is 2.39. The first kappa shape index (κ1) is 9.94. The fourth-order valence-electron chi connectivity index (χ4n) is 1.67. The minimum absolute atomic E-state index is 0.672. The normalized spacial score (nSPS) is 15.3. The largest absolute Gasteiger partial charge is 0.298 e. The number of aldehydes is 1. The maximum atomic E-state index is 10.9. The molecule has 0 bridgehead atoms. The fraction of sp³-hybridized carbons (Fsp3) is 0.182. The highest BCUT2D eigenvalue weighted by Gasteiger charge is 2.16. The van der Waals surface area contributed by atoms with Crippen molar-refractivity contribution < 1.29 is 4.79 Å². The van der Waals surface area contributed by atoms with Gasteiger partial charge < -0.3 is 0 Å². The van der Waals surface area contributed by atoms with Crippen molar-refractivity contribution in [2.24, 2.45) is 0 Å². The second-order valence-corrected chi connectivity index (χ2v) is 4.63. The van der Waals surface area contributed by atoms with Gasteiger partial charge in [-0.25, -0.2) is 0 Å². The molecule has 0 fully saturated rings. The van der Waals surface area contributed by atoms with E-state index >= 15 is 0 Å². The van der Waals surface area contributed by atoms with Crippen molar-refractivity contribution >= 4 is 39.4 Å². The van der Waals surface area contributed by atoms with Gasteiger partial charge in [0.15, 0.2) is 6.29 Å². The molecule has 0 spiro atoms. The molecular formula is C11H8BrClO. The van der Waals surface area contributed by atoms with Crippen molar-refractivity contribution in [2.75, 3.05) is 0 Å². The van der Waals surface area contributed by atoms with Crippen molar-refractivity contribution in [1.82, 2.24) is 0 Å². The van der Waals surface area contributed by atoms with Gasteiger partial charge in [0.2, 0.25) is 0 Å². The Morgan fingerprint density at radius 3 is 2.86 bits per heavy atom. The number of hydrogen-bond donors (Lipinski definition) is 0. The van der Waals surface area contributed by atoms with Gasteiger partial charge in [-0.3, -0.25) is 4.79 Å². The summed E-state index contributed by atoms with van der Waals surface area (Å²) in [5, 5.41) is 0.672. The van der Waals surface area contributed by atoms with Crippen LogP contribution in [0.3, 0.4) is 0 Å². The average Bonchev–Trinajstić information content (AvgIpc) is 2.17. The smallest absolute Gasteiger partial charge is 0.151 e. The molecular weight excluding hydrogens is 263 g/mol. The Morgan fingerprint density at radius 2 is 2.14 bits per heavy atom. The lowest BCUT2D eigenvalue weighted by Gasteiger charge is -2.17. The molecule has 2 rings (SSSR count). The van der Waals surface area contributed by atoms with E-state index in [4.69, 9.17) is 11.6 Å². The van der Waals surface area contributed by atoms with Crippen LogP contribution in [0, 0.1) is 0 Å². The molecule has 0 aromatic heterocycles. The number of carbonyl (C=O) groups excluding carboxylic acids is 1. The maximum Gasteiger partial charge on any atom is 0.151 e. The van der Waals surface area contributed by atoms with Crippen molar-refractivity contribution in [3.8, 4) is 0 Å². The summed E-state index contributed by atoms with van der Waals surface area (Å²) in [5.74, 6) is 0. The van der Waals surface area contributed by atoms with E-state index in [-0.39, 0.29) is 0 Å². The van der Waals surface area contributed by atoms with Gasteiger partial charge in [0.05, 0.1) is 0 Å². The summed E-state index contributed by atoms with van der Waals surface area (Å²) in [6.45, 7) is 0. The van der Waals surface area contributed by atoms with E-state index in [1.807, 2.05) is 18.2 Å². The van der Waals surface area contributed by atoms with E-state index in [1.54, 1.807) is 0 Å². The van der Waals surface area contributed by atoms with Crippen LogP contribution in [0.4, 0.5) is 0 Å². The summed E-state index contributed by atoms with van der Waals surface area (Å²) >= 11 is 9.31. The van der Waals surface area contributed by atoms with Gasteiger partial charge in [0, 0.05) is 15.1 Å². The monoisotopic (exact) mass is 270 g/mol. The van der Waals surface area contributed by atoms with Crippen molar-refractivity contribution in [3.63, 3.8) is 0 Å². The molecule has 1 aliphatic rings. The van der Waals surface area contributed by atoms with E-state index in [9.17, 15) is 4.79 Å². The molecule has 0 radical (unpaired) electrons. The van der Waals surface area contributed by atoms with Crippen LogP contribution in [0.15, 0.2) is 22.7 Å². The van der Waals surface area contributed by atoms with Gasteiger partial charge >= 0.3 is 0 Å². The second-order valence-electron chi connectivity index (χ2n) is 3.24. The third kappa shape index (κ3) is 1.64. The highest BCUT2D eigenvalue weighted by atomic mass is 79.9. The SMILES string of the molecule is O=CC1=C(Br)CCc2ccc(Cl)cc21. The predicted molar refractivity (Wildman–Crippen MR) is 61.7 cm³/mol. The zero-order valence-corrected chi connectivity index (χ0v) is 9.73. The summed E-state index contributed by atoms with van der Waals surface area (Å²) in [6, 6.07) is 5.70. The maximum absolute atomic E-state index is 10.9. The lowest BCUT2D eigenvalue weighted by molar-refractivity contribution is -0.103. The first-order chi connectivity index (χ1) is 6.72. The molecule has 0 saturated carbocycles. The average molecular weight is 272 g/mol. The summed E-state index contributed by atoms with van der Waals surface area (Å²) < 4.78 is 0.974. The molecule has 72 valence electrons. The van der Waals surface area contributed by atoms with Crippen LogP contribution in [-0.4, -0.2) is 6.29 Å². The van der Waals surface area contributed by atoms with Crippen molar-refractivity contribution in [3.05, 3.63) is 38.8 Å². The number of rotatable bonds is 1. The van der Waals surface area contributed by atoms with Gasteiger partial charge in [0.25, 0.3) is 0 Å². The van der Waals surface area contributed by atoms with Crippen LogP contribution < -0.4 is 0 Å².